The van der Waals surface area contributed by atoms with E-state index in [-0.39, 0.29) is 6.10 Å². The molecule has 0 amide bonds. The number of morpholine rings is 1. The molecule has 0 spiro atoms. The number of ether oxygens (including phenoxy) is 1. The molecule has 0 aromatic carbocycles. The van der Waals surface area contributed by atoms with Crippen molar-refractivity contribution in [1.82, 2.24) is 19.4 Å². The van der Waals surface area contributed by atoms with Crippen LogP contribution >= 0.6 is 11.3 Å². The number of aromatic nitrogens is 3. The highest BCUT2D eigenvalue weighted by Crippen LogP contribution is 2.22. The van der Waals surface area contributed by atoms with Gasteiger partial charge in [-0.3, -0.25) is 4.90 Å². The molecule has 6 heteroatoms. The zero-order valence-corrected chi connectivity index (χ0v) is 12.1. The van der Waals surface area contributed by atoms with Crippen LogP contribution in [0, 0.1) is 6.92 Å². The maximum atomic E-state index is 5.86. The fourth-order valence-electron chi connectivity index (χ4n) is 2.48. The number of rotatable bonds is 3. The smallest absolute Gasteiger partial charge is 0.139 e. The number of thiazole rings is 1. The first-order valence-electron chi connectivity index (χ1n) is 6.43. The second-order valence-electron chi connectivity index (χ2n) is 4.93. The Balaban J connectivity index is 1.69. The van der Waals surface area contributed by atoms with Crippen LogP contribution in [0.1, 0.15) is 23.3 Å². The second-order valence-corrected chi connectivity index (χ2v) is 5.64. The molecule has 3 heterocycles. The maximum Gasteiger partial charge on any atom is 0.139 e. The Morgan fingerprint density at radius 3 is 3.11 bits per heavy atom. The fourth-order valence-corrected chi connectivity index (χ4v) is 3.03. The van der Waals surface area contributed by atoms with Crippen LogP contribution in [0.2, 0.25) is 0 Å². The van der Waals surface area contributed by atoms with Gasteiger partial charge in [0.25, 0.3) is 0 Å². The quantitative estimate of drug-likeness (QED) is 0.858. The lowest BCUT2D eigenvalue weighted by atomic mass is 10.2. The third-order valence-corrected chi connectivity index (χ3v) is 3.98. The van der Waals surface area contributed by atoms with Crippen LogP contribution in [0.15, 0.2) is 17.1 Å². The molecule has 19 heavy (non-hydrogen) atoms. The Bertz CT molecular complexity index is 537. The van der Waals surface area contributed by atoms with Gasteiger partial charge in [0.2, 0.25) is 0 Å². The molecular weight excluding hydrogens is 260 g/mol. The summed E-state index contributed by atoms with van der Waals surface area (Å²) in [5.74, 6) is 1.01. The van der Waals surface area contributed by atoms with E-state index in [1.165, 1.54) is 0 Å². The van der Waals surface area contributed by atoms with Gasteiger partial charge in [0.15, 0.2) is 0 Å². The molecule has 3 rings (SSSR count). The summed E-state index contributed by atoms with van der Waals surface area (Å²) in [5.41, 5.74) is 4.06. The average molecular weight is 278 g/mol. The largest absolute Gasteiger partial charge is 0.368 e. The molecule has 0 saturated carbocycles. The van der Waals surface area contributed by atoms with E-state index in [0.717, 1.165) is 43.5 Å². The van der Waals surface area contributed by atoms with Crippen molar-refractivity contribution in [2.24, 2.45) is 7.05 Å². The molecule has 1 atom stereocenters. The molecule has 1 aliphatic rings. The number of imidazole rings is 1. The highest BCUT2D eigenvalue weighted by atomic mass is 32.1. The lowest BCUT2D eigenvalue weighted by Gasteiger charge is -2.32. The minimum atomic E-state index is 0.0612. The van der Waals surface area contributed by atoms with Crippen LogP contribution in [-0.4, -0.2) is 39.1 Å². The van der Waals surface area contributed by atoms with Crippen LogP contribution in [0.5, 0.6) is 0 Å². The third-order valence-electron chi connectivity index (χ3n) is 3.34. The predicted octanol–water partition coefficient (Wildman–Crippen LogP) is 1.76. The van der Waals surface area contributed by atoms with Crippen LogP contribution in [0.25, 0.3) is 0 Å². The highest BCUT2D eigenvalue weighted by molar-refractivity contribution is 7.07. The Morgan fingerprint density at radius 2 is 2.42 bits per heavy atom. The Labute approximate surface area is 116 Å². The van der Waals surface area contributed by atoms with Crippen molar-refractivity contribution in [3.05, 3.63) is 34.3 Å². The van der Waals surface area contributed by atoms with E-state index in [9.17, 15) is 0 Å². The molecule has 0 aliphatic carbocycles. The normalized spacial score (nSPS) is 20.8. The Hall–Kier alpha value is -1.24. The summed E-state index contributed by atoms with van der Waals surface area (Å²) in [6, 6.07) is 0. The first-order chi connectivity index (χ1) is 9.22. The predicted molar refractivity (Wildman–Crippen MR) is 74.0 cm³/mol. The number of hydrogen-bond donors (Lipinski definition) is 0. The van der Waals surface area contributed by atoms with Gasteiger partial charge < -0.3 is 9.30 Å². The molecule has 1 saturated heterocycles. The van der Waals surface area contributed by atoms with Crippen molar-refractivity contribution >= 4 is 11.3 Å². The van der Waals surface area contributed by atoms with Crippen LogP contribution < -0.4 is 0 Å². The van der Waals surface area contributed by atoms with Crippen molar-refractivity contribution in [2.75, 3.05) is 19.7 Å². The number of aryl methyl sites for hydroxylation is 2. The van der Waals surface area contributed by atoms with Gasteiger partial charge in [-0.15, -0.1) is 11.3 Å². The van der Waals surface area contributed by atoms with Crippen LogP contribution in [0.3, 0.4) is 0 Å². The van der Waals surface area contributed by atoms with E-state index in [2.05, 4.69) is 24.8 Å². The first-order valence-corrected chi connectivity index (χ1v) is 7.37. The molecule has 0 radical (unpaired) electrons. The molecule has 102 valence electrons. The van der Waals surface area contributed by atoms with Crippen molar-refractivity contribution in [2.45, 2.75) is 19.6 Å². The highest BCUT2D eigenvalue weighted by Gasteiger charge is 2.25. The van der Waals surface area contributed by atoms with Gasteiger partial charge in [-0.05, 0) is 6.92 Å². The van der Waals surface area contributed by atoms with Gasteiger partial charge in [0.05, 0.1) is 23.5 Å². The monoisotopic (exact) mass is 278 g/mol. The van der Waals surface area contributed by atoms with Gasteiger partial charge in [0.1, 0.15) is 11.9 Å². The first kappa shape index (κ1) is 12.8. The summed E-state index contributed by atoms with van der Waals surface area (Å²) >= 11 is 1.65. The second kappa shape index (κ2) is 5.40. The van der Waals surface area contributed by atoms with Gasteiger partial charge in [-0.25, -0.2) is 9.97 Å². The SMILES string of the molecule is Cc1cn(C)c(C2CN(Cc3cscn3)CCO2)n1. The van der Waals surface area contributed by atoms with Crippen molar-refractivity contribution < 1.29 is 4.74 Å². The van der Waals surface area contributed by atoms with E-state index in [4.69, 9.17) is 4.74 Å². The number of hydrogen-bond acceptors (Lipinski definition) is 5. The zero-order chi connectivity index (χ0) is 13.2. The van der Waals surface area contributed by atoms with Gasteiger partial charge in [-0.1, -0.05) is 0 Å². The maximum absolute atomic E-state index is 5.86. The molecule has 2 aromatic rings. The summed E-state index contributed by atoms with van der Waals surface area (Å²) in [7, 11) is 2.03. The van der Waals surface area contributed by atoms with Crippen LogP contribution in [0.4, 0.5) is 0 Å². The zero-order valence-electron chi connectivity index (χ0n) is 11.2. The summed E-state index contributed by atoms with van der Waals surface area (Å²) in [5, 5.41) is 2.11. The summed E-state index contributed by atoms with van der Waals surface area (Å²) in [6.07, 6.45) is 2.10. The minimum absolute atomic E-state index is 0.0612. The number of nitrogens with zero attached hydrogens (tertiary/aromatic N) is 4. The Morgan fingerprint density at radius 1 is 1.53 bits per heavy atom. The minimum Gasteiger partial charge on any atom is -0.368 e. The third kappa shape index (κ3) is 2.86. The average Bonchev–Trinajstić information content (AvgIpc) is 2.99. The fraction of sp³-hybridized carbons (Fsp3) is 0.538. The molecule has 2 aromatic heterocycles. The van der Waals surface area contributed by atoms with E-state index in [1.807, 2.05) is 25.7 Å². The van der Waals surface area contributed by atoms with Crippen molar-refractivity contribution in [3.63, 3.8) is 0 Å². The molecule has 1 fully saturated rings. The topological polar surface area (TPSA) is 43.2 Å². The van der Waals surface area contributed by atoms with Gasteiger partial charge in [-0.2, -0.15) is 0 Å². The van der Waals surface area contributed by atoms with Crippen LogP contribution in [-0.2, 0) is 18.3 Å². The summed E-state index contributed by atoms with van der Waals surface area (Å²) < 4.78 is 7.93. The lowest BCUT2D eigenvalue weighted by Crippen LogP contribution is -2.38. The molecule has 0 N–H and O–H groups in total. The van der Waals surface area contributed by atoms with E-state index in [1.54, 1.807) is 11.3 Å². The van der Waals surface area contributed by atoms with E-state index in [0.29, 0.717) is 0 Å². The molecule has 5 nitrogen and oxygen atoms in total. The Kier molecular flexibility index (Phi) is 3.63. The van der Waals surface area contributed by atoms with Crippen molar-refractivity contribution in [1.29, 1.82) is 0 Å². The molecular formula is C13H18N4OS. The standard InChI is InChI=1S/C13H18N4OS/c1-10-5-16(2)13(15-10)12-7-17(3-4-18-12)6-11-8-19-9-14-11/h5,8-9,12H,3-4,6-7H2,1-2H3. The van der Waals surface area contributed by atoms with Gasteiger partial charge >= 0.3 is 0 Å². The lowest BCUT2D eigenvalue weighted by molar-refractivity contribution is -0.0387. The van der Waals surface area contributed by atoms with Crippen molar-refractivity contribution in [3.8, 4) is 0 Å². The summed E-state index contributed by atoms with van der Waals surface area (Å²) in [6.45, 7) is 5.49. The molecule has 1 aliphatic heterocycles. The van der Waals surface area contributed by atoms with E-state index < -0.39 is 0 Å². The van der Waals surface area contributed by atoms with Gasteiger partial charge in [0, 0.05) is 38.3 Å². The molecule has 1 unspecified atom stereocenters. The van der Waals surface area contributed by atoms with E-state index >= 15 is 0 Å². The molecule has 0 bridgehead atoms. The summed E-state index contributed by atoms with van der Waals surface area (Å²) in [4.78, 5) is 11.3.